The number of anilines is 2. The van der Waals surface area contributed by atoms with Gasteiger partial charge in [0.25, 0.3) is 11.8 Å². The summed E-state index contributed by atoms with van der Waals surface area (Å²) in [5, 5.41) is 0. The van der Waals surface area contributed by atoms with E-state index in [0.29, 0.717) is 35.0 Å². The number of nitrogens with zero attached hydrogens (tertiary/aromatic N) is 2. The topological polar surface area (TPSA) is 76.2 Å². The summed E-state index contributed by atoms with van der Waals surface area (Å²) < 4.78 is 11.6. The van der Waals surface area contributed by atoms with Gasteiger partial charge in [-0.05, 0) is 73.4 Å². The molecule has 4 amide bonds. The maximum Gasteiger partial charge on any atom is 0.343 e. The van der Waals surface area contributed by atoms with E-state index in [1.165, 1.54) is 18.7 Å². The summed E-state index contributed by atoms with van der Waals surface area (Å²) in [6.45, 7) is 6.01. The quantitative estimate of drug-likeness (QED) is 0.189. The van der Waals surface area contributed by atoms with E-state index in [4.69, 9.17) is 9.47 Å². The molecule has 0 radical (unpaired) electrons. The van der Waals surface area contributed by atoms with E-state index in [1.807, 2.05) is 69.3 Å². The van der Waals surface area contributed by atoms with Gasteiger partial charge in [0.15, 0.2) is 11.5 Å². The average Bonchev–Trinajstić information content (AvgIpc) is 2.97. The number of para-hydroxylation sites is 2. The number of benzene rings is 4. The number of hydrogen-bond donors (Lipinski definition) is 0. The first-order valence-corrected chi connectivity index (χ1v) is 13.2. The van der Waals surface area contributed by atoms with E-state index in [0.717, 1.165) is 26.5 Å². The van der Waals surface area contributed by atoms with Crippen molar-refractivity contribution in [1.82, 2.24) is 0 Å². The number of aryl methyl sites for hydroxylation is 3. The van der Waals surface area contributed by atoms with E-state index in [-0.39, 0.29) is 5.57 Å². The van der Waals surface area contributed by atoms with E-state index in [9.17, 15) is 14.4 Å². The maximum atomic E-state index is 13.8. The number of methoxy groups -OCH3 is 1. The highest BCUT2D eigenvalue weighted by Gasteiger charge is 2.44. The zero-order valence-corrected chi connectivity index (χ0v) is 23.4. The molecule has 0 unspecified atom stereocenters. The van der Waals surface area contributed by atoms with Crippen LogP contribution in [0.1, 0.15) is 27.8 Å². The largest absolute Gasteiger partial charge is 0.493 e. The highest BCUT2D eigenvalue weighted by Crippen LogP contribution is 2.34. The van der Waals surface area contributed by atoms with Crippen LogP contribution in [0.15, 0.2) is 96.6 Å². The van der Waals surface area contributed by atoms with Gasteiger partial charge in [-0.15, -0.1) is 0 Å². The molecule has 4 aromatic rings. The normalized spacial score (nSPS) is 13.5. The third-order valence-electron chi connectivity index (χ3n) is 6.98. The number of rotatable bonds is 7. The number of hydrogen-bond acceptors (Lipinski definition) is 5. The van der Waals surface area contributed by atoms with Gasteiger partial charge in [-0.3, -0.25) is 9.59 Å². The second-order valence-corrected chi connectivity index (χ2v) is 9.88. The number of imide groups is 2. The molecule has 206 valence electrons. The number of urea groups is 1. The van der Waals surface area contributed by atoms with E-state index < -0.39 is 17.8 Å². The Balaban J connectivity index is 1.54. The van der Waals surface area contributed by atoms with Crippen molar-refractivity contribution in [3.63, 3.8) is 0 Å². The lowest BCUT2D eigenvalue weighted by Gasteiger charge is -2.35. The molecule has 5 rings (SSSR count). The van der Waals surface area contributed by atoms with Gasteiger partial charge in [0.1, 0.15) is 12.2 Å². The zero-order valence-electron chi connectivity index (χ0n) is 23.4. The average molecular weight is 547 g/mol. The zero-order chi connectivity index (χ0) is 29.1. The minimum Gasteiger partial charge on any atom is -0.493 e. The lowest BCUT2D eigenvalue weighted by Crippen LogP contribution is -2.57. The predicted octanol–water partition coefficient (Wildman–Crippen LogP) is 6.78. The van der Waals surface area contributed by atoms with E-state index in [1.54, 1.807) is 42.5 Å². The van der Waals surface area contributed by atoms with Crippen LogP contribution in [0.25, 0.3) is 6.08 Å². The number of amides is 4. The molecule has 0 aromatic heterocycles. The van der Waals surface area contributed by atoms with Gasteiger partial charge in [-0.25, -0.2) is 14.6 Å². The summed E-state index contributed by atoms with van der Waals surface area (Å²) >= 11 is 0. The van der Waals surface area contributed by atoms with Crippen molar-refractivity contribution in [2.75, 3.05) is 16.9 Å². The van der Waals surface area contributed by atoms with E-state index >= 15 is 0 Å². The summed E-state index contributed by atoms with van der Waals surface area (Å²) in [5.41, 5.74) is 4.86. The Morgan fingerprint density at radius 2 is 1.24 bits per heavy atom. The van der Waals surface area contributed by atoms with Crippen LogP contribution >= 0.6 is 0 Å². The summed E-state index contributed by atoms with van der Waals surface area (Å²) in [7, 11) is 1.53. The van der Waals surface area contributed by atoms with Crippen molar-refractivity contribution in [3.05, 3.63) is 124 Å². The summed E-state index contributed by atoms with van der Waals surface area (Å²) in [6.07, 6.45) is 1.49. The van der Waals surface area contributed by atoms with Gasteiger partial charge in [0.05, 0.1) is 18.5 Å². The molecule has 7 nitrogen and oxygen atoms in total. The summed E-state index contributed by atoms with van der Waals surface area (Å²) in [6, 6.07) is 26.7. The van der Waals surface area contributed by atoms with Gasteiger partial charge in [0.2, 0.25) is 0 Å². The third-order valence-corrected chi connectivity index (χ3v) is 6.98. The van der Waals surface area contributed by atoms with Gasteiger partial charge in [-0.2, -0.15) is 0 Å². The van der Waals surface area contributed by atoms with Crippen molar-refractivity contribution < 1.29 is 23.9 Å². The molecule has 4 aromatic carbocycles. The van der Waals surface area contributed by atoms with Gasteiger partial charge < -0.3 is 9.47 Å². The van der Waals surface area contributed by atoms with Crippen molar-refractivity contribution in [1.29, 1.82) is 0 Å². The lowest BCUT2D eigenvalue weighted by molar-refractivity contribution is -0.121. The monoisotopic (exact) mass is 546 g/mol. The van der Waals surface area contributed by atoms with Gasteiger partial charge >= 0.3 is 6.03 Å². The fraction of sp³-hybridized carbons (Fsp3) is 0.147. The SMILES string of the molecule is COc1cc(C=C2C(=O)N(c3ccccc3C)C(=O)N(c3ccccc3C)C2=O)ccc1OCc1ccc(C)cc1. The minimum atomic E-state index is -0.724. The van der Waals surface area contributed by atoms with Crippen molar-refractivity contribution in [3.8, 4) is 11.5 Å². The molecule has 1 saturated heterocycles. The molecule has 41 heavy (non-hydrogen) atoms. The fourth-order valence-electron chi connectivity index (χ4n) is 4.69. The highest BCUT2D eigenvalue weighted by atomic mass is 16.5. The van der Waals surface area contributed by atoms with Crippen molar-refractivity contribution >= 4 is 35.3 Å². The molecule has 7 heteroatoms. The second-order valence-electron chi connectivity index (χ2n) is 9.88. The molecule has 1 aliphatic rings. The van der Waals surface area contributed by atoms with Crippen LogP contribution in [0.5, 0.6) is 11.5 Å². The Labute approximate surface area is 239 Å². The van der Waals surface area contributed by atoms with E-state index in [2.05, 4.69) is 0 Å². The molecule has 0 aliphatic carbocycles. The molecule has 0 saturated carbocycles. The molecular weight excluding hydrogens is 516 g/mol. The van der Waals surface area contributed by atoms with Gasteiger partial charge in [-0.1, -0.05) is 72.3 Å². The second kappa shape index (κ2) is 11.5. The Morgan fingerprint density at radius 3 is 1.78 bits per heavy atom. The number of carbonyl (C=O) groups is 3. The first kappa shape index (κ1) is 27.4. The minimum absolute atomic E-state index is 0.147. The maximum absolute atomic E-state index is 13.8. The number of barbiturate groups is 1. The summed E-state index contributed by atoms with van der Waals surface area (Å²) in [5.74, 6) is -0.421. The van der Waals surface area contributed by atoms with Crippen LogP contribution in [-0.2, 0) is 16.2 Å². The lowest BCUT2D eigenvalue weighted by atomic mass is 10.0. The van der Waals surface area contributed by atoms with Crippen LogP contribution in [0, 0.1) is 20.8 Å². The molecule has 0 spiro atoms. The molecular formula is C34H30N2O5. The van der Waals surface area contributed by atoms with Gasteiger partial charge in [0, 0.05) is 0 Å². The highest BCUT2D eigenvalue weighted by molar-refractivity contribution is 6.46. The molecule has 0 atom stereocenters. The standard InChI is InChI=1S/C34H30N2O5/c1-22-13-15-25(16-14-22)21-41-30-18-17-26(20-31(30)40-4)19-27-32(37)35(28-11-7-5-9-23(28)2)34(39)36(33(27)38)29-12-8-6-10-24(29)3/h5-20H,21H2,1-4H3. The van der Waals surface area contributed by atoms with Crippen LogP contribution in [0.2, 0.25) is 0 Å². The summed E-state index contributed by atoms with van der Waals surface area (Å²) in [4.78, 5) is 43.5. The van der Waals surface area contributed by atoms with Crippen molar-refractivity contribution in [2.24, 2.45) is 0 Å². The molecule has 1 heterocycles. The number of ether oxygens (including phenoxy) is 2. The van der Waals surface area contributed by atoms with Crippen LogP contribution in [-0.4, -0.2) is 25.0 Å². The molecule has 1 fully saturated rings. The Hall–Kier alpha value is -5.17. The first-order chi connectivity index (χ1) is 19.8. The smallest absolute Gasteiger partial charge is 0.343 e. The Bertz CT molecular complexity index is 1600. The van der Waals surface area contributed by atoms with Crippen molar-refractivity contribution in [2.45, 2.75) is 27.4 Å². The Morgan fingerprint density at radius 1 is 0.683 bits per heavy atom. The van der Waals surface area contributed by atoms with Crippen LogP contribution in [0.4, 0.5) is 16.2 Å². The number of carbonyl (C=O) groups excluding carboxylic acids is 3. The first-order valence-electron chi connectivity index (χ1n) is 13.2. The predicted molar refractivity (Wildman–Crippen MR) is 159 cm³/mol. The molecule has 1 aliphatic heterocycles. The van der Waals surface area contributed by atoms with Crippen LogP contribution in [0.3, 0.4) is 0 Å². The fourth-order valence-corrected chi connectivity index (χ4v) is 4.69. The molecule has 0 bridgehead atoms. The van der Waals surface area contributed by atoms with Crippen LogP contribution < -0.4 is 19.3 Å². The molecule has 0 N–H and O–H groups in total. The Kier molecular flexibility index (Phi) is 7.70. The third kappa shape index (κ3) is 5.47.